The van der Waals surface area contributed by atoms with Crippen LogP contribution in [0.5, 0.6) is 34.5 Å². The summed E-state index contributed by atoms with van der Waals surface area (Å²) < 4.78 is 156. The standard InChI is InChI=1S/C33H35N5O5S.C32H32IN5O5S.C9H11N5O2S.C2HF3O.HI/c1-23-6-7-24(2)32(31(23)33-34-35-36-38(33)22-27-12-18-30(43-5)19-13-27)44(39,40)37(20-25-8-14-28(41-3)15-9-25)21-26-10-16-29(42-4)17-11-26;1-22-5-18-29(33)30(32-34-36-38(35-32)21-25-10-16-28(43-4)17-11-25)31(22)44(39,40)37(19-23-6-12-26(41-2)13-7-23)20-24-8-14-27(42-3)15-9-24;1-5-3-4-6(2)8(17(10,15)16)7(5)9-11-13-14-12-9;3-2(4,5)1-6;/h6-19H,20-22H2,1-5H3;5-18H,19-21H2,1-4H3;3-4H,1-2H3,(H2,10,15,16)(H,11,12,13,14);1H;1H/i/hD. The van der Waals surface area contributed by atoms with Crippen molar-refractivity contribution in [3.8, 4) is 68.7 Å². The average molecular weight is 1820 g/mol. The first-order chi connectivity index (χ1) is 53.9. The molecule has 0 unspecified atom stereocenters. The lowest BCUT2D eigenvalue weighted by atomic mass is 10.0. The van der Waals surface area contributed by atoms with Gasteiger partial charge >= 0.3 is 6.18 Å². The number of carbonyl (C=O) groups is 1. The summed E-state index contributed by atoms with van der Waals surface area (Å²) in [6.45, 7) is 10.2. The number of alkyl halides is 3. The van der Waals surface area contributed by atoms with Gasteiger partial charge in [0.15, 0.2) is 5.82 Å². The summed E-state index contributed by atoms with van der Waals surface area (Å²) in [5.74, 6) is 5.08. The molecule has 3 heterocycles. The molecule has 3 N–H and O–H groups in total. The molecule has 0 radical (unpaired) electrons. The van der Waals surface area contributed by atoms with Gasteiger partial charge in [-0.2, -0.15) is 31.8 Å². The number of sulfonamides is 3. The number of nitrogens with one attached hydrogen (secondary N) is 1. The number of aromatic amines is 1. The van der Waals surface area contributed by atoms with Crippen LogP contribution in [0.4, 0.5) is 13.2 Å². The average Bonchev–Trinajstić information content (AvgIpc) is 1.72. The number of halogens is 5. The molecule has 112 heavy (non-hydrogen) atoms. The van der Waals surface area contributed by atoms with Gasteiger partial charge in [-0.1, -0.05) is 103 Å². The number of aryl methyl sites for hydroxylation is 5. The van der Waals surface area contributed by atoms with Gasteiger partial charge in [0.25, 0.3) is 0 Å². The lowest BCUT2D eigenvalue weighted by molar-refractivity contribution is -0.156. The number of nitrogens with two attached hydrogens (primary N) is 1. The van der Waals surface area contributed by atoms with Crippen LogP contribution >= 0.6 is 46.4 Å². The van der Waals surface area contributed by atoms with Crippen LogP contribution in [0.25, 0.3) is 34.2 Å². The first kappa shape index (κ1) is 85.6. The molecule has 28 nitrogen and oxygen atoms in total. The second kappa shape index (κ2) is 39.2. The summed E-state index contributed by atoms with van der Waals surface area (Å²) >= 11 is 3.53. The number of benzene rings is 9. The van der Waals surface area contributed by atoms with Gasteiger partial charge in [0.2, 0.25) is 48.0 Å². The van der Waals surface area contributed by atoms with Gasteiger partial charge < -0.3 is 28.4 Å². The molecule has 0 aliphatic heterocycles. The molecule has 3 aromatic heterocycles. The molecule has 0 aliphatic carbocycles. The van der Waals surface area contributed by atoms with Crippen molar-refractivity contribution in [2.75, 3.05) is 42.7 Å². The number of rotatable bonds is 26. The van der Waals surface area contributed by atoms with E-state index in [-0.39, 0.29) is 52.5 Å². The molecule has 9 aromatic carbocycles. The van der Waals surface area contributed by atoms with E-state index in [2.05, 4.69) is 74.2 Å². The van der Waals surface area contributed by atoms with E-state index in [9.17, 15) is 38.4 Å². The third-order valence-electron chi connectivity index (χ3n) is 17.1. The summed E-state index contributed by atoms with van der Waals surface area (Å²) in [5.41, 5.74) is 9.64. The lowest BCUT2D eigenvalue weighted by Crippen LogP contribution is -2.31. The summed E-state index contributed by atoms with van der Waals surface area (Å²) in [5, 5.41) is 44.2. The third-order valence-corrected chi connectivity index (χ3v) is 23.0. The van der Waals surface area contributed by atoms with Crippen LogP contribution in [0.1, 0.15) is 61.2 Å². The summed E-state index contributed by atoms with van der Waals surface area (Å²) in [7, 11) is -2.39. The number of hydrogen-bond donors (Lipinski definition) is 2. The molecule has 0 atom stereocenters. The molecule has 0 spiro atoms. The van der Waals surface area contributed by atoms with E-state index in [1.165, 1.54) is 37.2 Å². The molecule has 12 aromatic rings. The Bertz CT molecular complexity index is 5400. The fourth-order valence-electron chi connectivity index (χ4n) is 11.4. The van der Waals surface area contributed by atoms with E-state index < -0.39 is 42.5 Å². The number of ether oxygens (including phenoxy) is 6. The lowest BCUT2D eigenvalue weighted by Gasteiger charge is -2.26. The number of primary sulfonamides is 1. The zero-order chi connectivity index (χ0) is 82.4. The Labute approximate surface area is 677 Å². The Kier molecular flexibility index (Phi) is 30.0. The van der Waals surface area contributed by atoms with Gasteiger partial charge in [-0.25, -0.2) is 35.1 Å². The molecule has 12 rings (SSSR count). The maximum atomic E-state index is 14.8. The van der Waals surface area contributed by atoms with Crippen molar-refractivity contribution in [1.82, 2.24) is 69.6 Å². The van der Waals surface area contributed by atoms with Gasteiger partial charge in [-0.3, -0.25) is 4.79 Å². The zero-order valence-corrected chi connectivity index (χ0v) is 69.2. The van der Waals surface area contributed by atoms with Gasteiger partial charge in [-0.05, 0) is 218 Å². The SMILES string of the molecule is COc1ccc(CN(Cc2ccc(OC)cc2)S(=O)(=O)c2c(C)ccc(C)c2-c2nnnn2Cc2ccc(OC)cc2)cc1.COc1ccc(CN(Cc2ccc(OC)cc2)S(=O)(=O)c2c(C)ccc(I)c2-c2nnn(Cc3ccc(OC)cc3)n2)cc1.Cc1ccc(C)c(S(N)(=O)=O)c1-c1nn[nH]n1.O=CC(F)(F)F.[2H]I. The number of methoxy groups -OCH3 is 6. The number of tetrazole rings is 3. The Balaban J connectivity index is 0.000000218. The van der Waals surface area contributed by atoms with Crippen LogP contribution in [0.15, 0.2) is 197 Å². The Morgan fingerprint density at radius 2 is 0.804 bits per heavy atom. The molecule has 0 saturated heterocycles. The summed E-state index contributed by atoms with van der Waals surface area (Å²) in [6.07, 6.45) is -5.70. The van der Waals surface area contributed by atoms with Crippen LogP contribution in [0, 0.1) is 38.2 Å². The predicted molar refractivity (Wildman–Crippen MR) is 430 cm³/mol. The topological polar surface area (TPSA) is 349 Å². The van der Waals surface area contributed by atoms with E-state index in [0.717, 1.165) is 56.0 Å². The highest BCUT2D eigenvalue weighted by Crippen LogP contribution is 2.39. The van der Waals surface area contributed by atoms with E-state index in [1.54, 1.807) is 93.2 Å². The summed E-state index contributed by atoms with van der Waals surface area (Å²) in [4.78, 5) is 10.5. The number of H-pyrrole nitrogens is 1. The van der Waals surface area contributed by atoms with Crippen molar-refractivity contribution >= 4 is 82.7 Å². The van der Waals surface area contributed by atoms with Crippen molar-refractivity contribution in [3.63, 3.8) is 0 Å². The molecule has 0 bridgehead atoms. The van der Waals surface area contributed by atoms with Crippen LogP contribution < -0.4 is 33.6 Å². The monoisotopic (exact) mass is 1820 g/mol. The number of carbonyl (C=O) groups excluding carboxylic acids is 1. The van der Waals surface area contributed by atoms with Gasteiger partial charge in [-0.15, -0.1) is 49.3 Å². The van der Waals surface area contributed by atoms with Crippen molar-refractivity contribution in [2.24, 2.45) is 5.14 Å². The molecule has 0 saturated carbocycles. The number of nitrogens with zero attached hydrogens (tertiary/aromatic N) is 13. The highest BCUT2D eigenvalue weighted by molar-refractivity contribution is 14.1. The van der Waals surface area contributed by atoms with E-state index in [1.807, 2.05) is 171 Å². The fraction of sp³-hybridized carbons (Fsp3) is 0.237. The summed E-state index contributed by atoms with van der Waals surface area (Å²) in [6, 6.07) is 55.5. The van der Waals surface area contributed by atoms with Crippen molar-refractivity contribution in [1.29, 1.82) is 0.594 Å². The van der Waals surface area contributed by atoms with E-state index in [0.29, 0.717) is 78.9 Å². The molecular formula is C76H80F3I2N15O13S3. The van der Waals surface area contributed by atoms with Crippen molar-refractivity contribution < 1.29 is 71.6 Å². The van der Waals surface area contributed by atoms with Gasteiger partial charge in [0, 0.05) is 40.9 Å². The van der Waals surface area contributed by atoms with Crippen LogP contribution in [-0.4, -0.2) is 151 Å². The van der Waals surface area contributed by atoms with Crippen LogP contribution in [0.2, 0.25) is 0 Å². The zero-order valence-electron chi connectivity index (χ0n) is 63.5. The minimum atomic E-state index is -4.64. The minimum absolute atomic E-state index is 0.0406. The smallest absolute Gasteiger partial charge is 0.446 e. The van der Waals surface area contributed by atoms with Gasteiger partial charge in [0.1, 0.15) is 35.1 Å². The molecular weight excluding hydrogens is 1740 g/mol. The number of hydrogen-bond acceptors (Lipinski definition) is 22. The van der Waals surface area contributed by atoms with Crippen LogP contribution in [-0.2, 0) is 74.1 Å². The second-order valence-electron chi connectivity index (χ2n) is 24.8. The maximum absolute atomic E-state index is 14.8. The quantitative estimate of drug-likeness (QED) is 0.0375. The Morgan fingerprint density at radius 1 is 0.464 bits per heavy atom. The van der Waals surface area contributed by atoms with E-state index in [4.69, 9.17) is 38.9 Å². The molecule has 0 aliphatic rings. The normalized spacial score (nSPS) is 11.5. The van der Waals surface area contributed by atoms with Crippen molar-refractivity contribution in [2.45, 2.75) is 94.7 Å². The van der Waals surface area contributed by atoms with E-state index >= 15 is 0 Å². The van der Waals surface area contributed by atoms with Crippen molar-refractivity contribution in [3.05, 3.63) is 247 Å². The maximum Gasteiger partial charge on any atom is 0.446 e. The Hall–Kier alpha value is -10.4. The number of aromatic nitrogens is 12. The molecule has 0 fully saturated rings. The predicted octanol–water partition coefficient (Wildman–Crippen LogP) is 12.6. The largest absolute Gasteiger partial charge is 0.497 e. The first-order valence-corrected chi connectivity index (χ1v) is 39.0. The molecule has 36 heteroatoms. The molecule has 590 valence electrons. The third kappa shape index (κ3) is 22.5. The fourth-order valence-corrected chi connectivity index (χ4v) is 17.1. The van der Waals surface area contributed by atoms with Gasteiger partial charge in [0.05, 0.1) is 76.0 Å². The highest BCUT2D eigenvalue weighted by Gasteiger charge is 2.35. The Morgan fingerprint density at radius 3 is 1.16 bits per heavy atom. The molecule has 0 amide bonds. The minimum Gasteiger partial charge on any atom is -0.497 e. The first-order valence-electron chi connectivity index (χ1n) is 33.9. The highest BCUT2D eigenvalue weighted by atomic mass is 127. The van der Waals surface area contributed by atoms with Crippen LogP contribution in [0.3, 0.4) is 0 Å². The second-order valence-corrected chi connectivity index (χ2v) is 31.2. The number of aldehydes is 1.